The summed E-state index contributed by atoms with van der Waals surface area (Å²) in [6, 6.07) is 0. The van der Waals surface area contributed by atoms with Crippen LogP contribution in [0.25, 0.3) is 0 Å². The molecule has 0 bridgehead atoms. The van der Waals surface area contributed by atoms with Crippen molar-refractivity contribution in [2.75, 3.05) is 13.2 Å². The van der Waals surface area contributed by atoms with Gasteiger partial charge in [-0.15, -0.1) is 0 Å². The molecule has 0 amide bonds. The number of rotatable bonds is 6. The van der Waals surface area contributed by atoms with E-state index in [1.807, 2.05) is 13.8 Å². The minimum absolute atomic E-state index is 0.203. The van der Waals surface area contributed by atoms with Crippen molar-refractivity contribution in [3.05, 3.63) is 0 Å². The average molecular weight is 390 g/mol. The molecule has 7 heteroatoms. The number of cyclic esters (lactones) is 1. The summed E-state index contributed by atoms with van der Waals surface area (Å²) in [7, 11) is -3.41. The highest BCUT2D eigenvalue weighted by Crippen LogP contribution is 2.57. The Morgan fingerprint density at radius 3 is 2.22 bits per heavy atom. The number of halogens is 1. The van der Waals surface area contributed by atoms with Gasteiger partial charge in [-0.2, -0.15) is 0 Å². The van der Waals surface area contributed by atoms with E-state index in [0.717, 1.165) is 0 Å². The SMILES string of the molecule is CCOP(=O)(OCC)C1CC(C(C)(C)I)OC1=O. The molecule has 1 heterocycles. The van der Waals surface area contributed by atoms with Gasteiger partial charge in [-0.3, -0.25) is 9.36 Å². The van der Waals surface area contributed by atoms with Gasteiger partial charge in [0.15, 0.2) is 5.66 Å². The zero-order chi connectivity index (χ0) is 14.0. The van der Waals surface area contributed by atoms with E-state index >= 15 is 0 Å². The summed E-state index contributed by atoms with van der Waals surface area (Å²) in [4.78, 5) is 11.9. The third kappa shape index (κ3) is 3.68. The maximum absolute atomic E-state index is 12.6. The highest BCUT2D eigenvalue weighted by molar-refractivity contribution is 14.1. The van der Waals surface area contributed by atoms with Gasteiger partial charge in [0, 0.05) is 6.42 Å². The van der Waals surface area contributed by atoms with Crippen molar-refractivity contribution in [3.63, 3.8) is 0 Å². The van der Waals surface area contributed by atoms with Crippen LogP contribution in [0.1, 0.15) is 34.1 Å². The van der Waals surface area contributed by atoms with Crippen molar-refractivity contribution in [1.82, 2.24) is 0 Å². The largest absolute Gasteiger partial charge is 0.460 e. The molecule has 1 rings (SSSR count). The van der Waals surface area contributed by atoms with E-state index in [1.54, 1.807) is 13.8 Å². The summed E-state index contributed by atoms with van der Waals surface area (Å²) in [5, 5.41) is 0. The topological polar surface area (TPSA) is 61.8 Å². The maximum atomic E-state index is 12.6. The smallest absolute Gasteiger partial charge is 0.345 e. The number of ether oxygens (including phenoxy) is 1. The van der Waals surface area contributed by atoms with Gasteiger partial charge in [-0.05, 0) is 27.7 Å². The van der Waals surface area contributed by atoms with Crippen molar-refractivity contribution in [2.24, 2.45) is 0 Å². The Morgan fingerprint density at radius 1 is 1.39 bits per heavy atom. The fourth-order valence-corrected chi connectivity index (χ4v) is 4.13. The minimum Gasteiger partial charge on any atom is -0.460 e. The molecule has 1 aliphatic rings. The van der Waals surface area contributed by atoms with Crippen LogP contribution in [0.3, 0.4) is 0 Å². The summed E-state index contributed by atoms with van der Waals surface area (Å²) in [6.07, 6.45) is 0.122. The first-order valence-corrected chi connectivity index (χ1v) is 8.71. The lowest BCUT2D eigenvalue weighted by atomic mass is 10.0. The molecule has 0 aromatic heterocycles. The predicted octanol–water partition coefficient (Wildman–Crippen LogP) is 3.15. The normalized spacial score (nSPS) is 25.3. The molecular weight excluding hydrogens is 370 g/mol. The van der Waals surface area contributed by atoms with E-state index in [0.29, 0.717) is 6.42 Å². The number of carbonyl (C=O) groups is 1. The Labute approximate surface area is 122 Å². The van der Waals surface area contributed by atoms with E-state index in [2.05, 4.69) is 22.6 Å². The minimum atomic E-state index is -3.41. The summed E-state index contributed by atoms with van der Waals surface area (Å²) in [5.41, 5.74) is -0.795. The maximum Gasteiger partial charge on any atom is 0.345 e. The highest BCUT2D eigenvalue weighted by Gasteiger charge is 2.52. The van der Waals surface area contributed by atoms with Gasteiger partial charge < -0.3 is 13.8 Å². The third-order valence-electron chi connectivity index (χ3n) is 2.73. The molecule has 1 aliphatic heterocycles. The number of hydrogen-bond donors (Lipinski definition) is 0. The second kappa shape index (κ2) is 6.20. The summed E-state index contributed by atoms with van der Waals surface area (Å²) in [5.74, 6) is -0.477. The van der Waals surface area contributed by atoms with Crippen LogP contribution in [0.15, 0.2) is 0 Å². The van der Waals surface area contributed by atoms with E-state index in [4.69, 9.17) is 13.8 Å². The standard InChI is InChI=1S/C11H20IO5P/c1-5-15-18(14,16-6-2)8-7-9(11(3,4)12)17-10(8)13/h8-9H,5-7H2,1-4H3. The molecule has 0 aliphatic carbocycles. The molecule has 0 aromatic rings. The molecule has 1 fully saturated rings. The average Bonchev–Trinajstić information content (AvgIpc) is 2.61. The van der Waals surface area contributed by atoms with Crippen molar-refractivity contribution >= 4 is 36.2 Å². The Kier molecular flexibility index (Phi) is 5.65. The molecule has 0 N–H and O–H groups in total. The second-order valence-electron chi connectivity index (χ2n) is 4.62. The van der Waals surface area contributed by atoms with Gasteiger partial charge in [0.05, 0.1) is 16.6 Å². The van der Waals surface area contributed by atoms with Crippen molar-refractivity contribution < 1.29 is 23.1 Å². The molecule has 106 valence electrons. The monoisotopic (exact) mass is 390 g/mol. The Morgan fingerprint density at radius 2 is 1.89 bits per heavy atom. The van der Waals surface area contributed by atoms with Crippen LogP contribution >= 0.6 is 30.2 Å². The van der Waals surface area contributed by atoms with E-state index < -0.39 is 19.2 Å². The van der Waals surface area contributed by atoms with Gasteiger partial charge in [-0.1, -0.05) is 22.6 Å². The molecule has 0 aromatic carbocycles. The number of esters is 1. The number of carbonyl (C=O) groups excluding carboxylic acids is 1. The zero-order valence-corrected chi connectivity index (χ0v) is 14.2. The third-order valence-corrected chi connectivity index (χ3v) is 5.85. The van der Waals surface area contributed by atoms with Crippen molar-refractivity contribution in [2.45, 2.75) is 49.3 Å². The van der Waals surface area contributed by atoms with Gasteiger partial charge in [0.1, 0.15) is 6.10 Å². The summed E-state index contributed by atoms with van der Waals surface area (Å²) < 4.78 is 28.1. The van der Waals surface area contributed by atoms with Gasteiger partial charge in [0.2, 0.25) is 0 Å². The van der Waals surface area contributed by atoms with Crippen molar-refractivity contribution in [1.29, 1.82) is 0 Å². The van der Waals surface area contributed by atoms with Crippen molar-refractivity contribution in [3.8, 4) is 0 Å². The lowest BCUT2D eigenvalue weighted by Crippen LogP contribution is -2.29. The lowest BCUT2D eigenvalue weighted by molar-refractivity contribution is -0.142. The molecular formula is C11H20IO5P. The predicted molar refractivity (Wildman–Crippen MR) is 77.2 cm³/mol. The van der Waals surface area contributed by atoms with Crippen LogP contribution in [0.5, 0.6) is 0 Å². The highest BCUT2D eigenvalue weighted by atomic mass is 127. The van der Waals surface area contributed by atoms with E-state index in [1.165, 1.54) is 0 Å². The van der Waals surface area contributed by atoms with Crippen LogP contribution in [-0.4, -0.2) is 34.4 Å². The van der Waals surface area contributed by atoms with Crippen LogP contribution in [0, 0.1) is 0 Å². The molecule has 2 atom stereocenters. The Bertz CT molecular complexity index is 342. The second-order valence-corrected chi connectivity index (χ2v) is 9.62. The fourth-order valence-electron chi connectivity index (χ4n) is 1.82. The first-order chi connectivity index (χ1) is 8.24. The van der Waals surface area contributed by atoms with Crippen LogP contribution in [0.4, 0.5) is 0 Å². The number of hydrogen-bond acceptors (Lipinski definition) is 5. The van der Waals surface area contributed by atoms with Gasteiger partial charge in [0.25, 0.3) is 0 Å². The summed E-state index contributed by atoms with van der Waals surface area (Å²) in [6.45, 7) is 7.90. The first kappa shape index (κ1) is 16.4. The Hall–Kier alpha value is 0.350. The quantitative estimate of drug-likeness (QED) is 0.302. The lowest BCUT2D eigenvalue weighted by Gasteiger charge is -2.23. The molecule has 0 saturated carbocycles. The zero-order valence-electron chi connectivity index (χ0n) is 11.1. The van der Waals surface area contributed by atoms with Gasteiger partial charge in [-0.25, -0.2) is 0 Å². The molecule has 1 saturated heterocycles. The van der Waals surface area contributed by atoms with E-state index in [9.17, 15) is 9.36 Å². The molecule has 0 radical (unpaired) electrons. The number of alkyl halides is 1. The molecule has 2 unspecified atom stereocenters. The van der Waals surface area contributed by atoms with Gasteiger partial charge >= 0.3 is 13.6 Å². The summed E-state index contributed by atoms with van der Waals surface area (Å²) >= 11 is 2.22. The molecule has 5 nitrogen and oxygen atoms in total. The fraction of sp³-hybridized carbons (Fsp3) is 0.909. The first-order valence-electron chi connectivity index (χ1n) is 6.02. The van der Waals surface area contributed by atoms with E-state index in [-0.39, 0.29) is 22.7 Å². The Balaban J connectivity index is 2.88. The van der Waals surface area contributed by atoms with Crippen LogP contribution in [0.2, 0.25) is 0 Å². The molecule has 0 spiro atoms. The molecule has 18 heavy (non-hydrogen) atoms. The van der Waals surface area contributed by atoms with Crippen LogP contribution < -0.4 is 0 Å². The van der Waals surface area contributed by atoms with Crippen LogP contribution in [-0.2, 0) is 23.1 Å².